The molecule has 0 saturated heterocycles. The summed E-state index contributed by atoms with van der Waals surface area (Å²) >= 11 is 0. The van der Waals surface area contributed by atoms with Gasteiger partial charge in [-0.15, -0.1) is 0 Å². The Hall–Kier alpha value is -2.70. The standard InChI is InChI=1S/C14H12F2N2O3/c1-17-14-9(3-2-4-13(14)18(19)20)8-21-10-5-6-11(15)12(16)7-10/h2-7,17H,8H2,1H3. The lowest BCUT2D eigenvalue weighted by atomic mass is 10.1. The molecule has 0 unspecified atom stereocenters. The maximum absolute atomic E-state index is 13.1. The van der Waals surface area contributed by atoms with Crippen molar-refractivity contribution >= 4 is 11.4 Å². The number of nitrogens with one attached hydrogen (secondary N) is 1. The van der Waals surface area contributed by atoms with Gasteiger partial charge in [0.25, 0.3) is 5.69 Å². The molecular formula is C14H12F2N2O3. The molecule has 2 rings (SSSR count). The molecule has 0 atom stereocenters. The van der Waals surface area contributed by atoms with Crippen molar-refractivity contribution < 1.29 is 18.4 Å². The highest BCUT2D eigenvalue weighted by atomic mass is 19.2. The Morgan fingerprint density at radius 3 is 2.62 bits per heavy atom. The van der Waals surface area contributed by atoms with Crippen LogP contribution in [0.25, 0.3) is 0 Å². The highest BCUT2D eigenvalue weighted by Gasteiger charge is 2.16. The number of nitro groups is 1. The van der Waals surface area contributed by atoms with Gasteiger partial charge in [-0.3, -0.25) is 10.1 Å². The van der Waals surface area contributed by atoms with Crippen LogP contribution in [0.15, 0.2) is 36.4 Å². The number of benzene rings is 2. The number of hydrogen-bond acceptors (Lipinski definition) is 4. The molecule has 0 heterocycles. The van der Waals surface area contributed by atoms with Crippen molar-refractivity contribution in [1.82, 2.24) is 0 Å². The molecule has 0 fully saturated rings. The molecule has 110 valence electrons. The summed E-state index contributed by atoms with van der Waals surface area (Å²) in [6.45, 7) is -0.0110. The Bertz CT molecular complexity index is 677. The highest BCUT2D eigenvalue weighted by molar-refractivity contribution is 5.65. The molecule has 0 aromatic heterocycles. The van der Waals surface area contributed by atoms with E-state index in [1.165, 1.54) is 18.2 Å². The average molecular weight is 294 g/mol. The second-order valence-corrected chi connectivity index (χ2v) is 4.18. The number of nitrogens with zero attached hydrogens (tertiary/aromatic N) is 1. The summed E-state index contributed by atoms with van der Waals surface area (Å²) in [5, 5.41) is 13.7. The van der Waals surface area contributed by atoms with E-state index >= 15 is 0 Å². The maximum atomic E-state index is 13.1. The van der Waals surface area contributed by atoms with E-state index in [-0.39, 0.29) is 18.0 Å². The number of para-hydroxylation sites is 1. The van der Waals surface area contributed by atoms with Crippen LogP contribution in [0.2, 0.25) is 0 Å². The van der Waals surface area contributed by atoms with Crippen molar-refractivity contribution in [2.45, 2.75) is 6.61 Å². The fourth-order valence-electron chi connectivity index (χ4n) is 1.88. The third kappa shape index (κ3) is 3.25. The Kier molecular flexibility index (Phi) is 4.32. The summed E-state index contributed by atoms with van der Waals surface area (Å²) in [5.74, 6) is -1.84. The van der Waals surface area contributed by atoms with Gasteiger partial charge < -0.3 is 10.1 Å². The van der Waals surface area contributed by atoms with Crippen LogP contribution in [-0.4, -0.2) is 12.0 Å². The minimum absolute atomic E-state index is 0.0110. The molecule has 2 aromatic carbocycles. The third-order valence-electron chi connectivity index (χ3n) is 2.86. The smallest absolute Gasteiger partial charge is 0.292 e. The number of anilines is 1. The predicted molar refractivity (Wildman–Crippen MR) is 73.3 cm³/mol. The van der Waals surface area contributed by atoms with E-state index < -0.39 is 16.6 Å². The molecule has 2 aromatic rings. The fourth-order valence-corrected chi connectivity index (χ4v) is 1.88. The summed E-state index contributed by atoms with van der Waals surface area (Å²) in [6, 6.07) is 7.71. The molecule has 0 spiro atoms. The van der Waals surface area contributed by atoms with E-state index in [1.807, 2.05) is 0 Å². The van der Waals surface area contributed by atoms with Crippen molar-refractivity contribution in [3.05, 3.63) is 63.7 Å². The molecule has 5 nitrogen and oxygen atoms in total. The number of halogens is 2. The lowest BCUT2D eigenvalue weighted by Gasteiger charge is -2.11. The zero-order valence-corrected chi connectivity index (χ0v) is 11.1. The normalized spacial score (nSPS) is 10.2. The first-order valence-electron chi connectivity index (χ1n) is 6.05. The van der Waals surface area contributed by atoms with Gasteiger partial charge >= 0.3 is 0 Å². The van der Waals surface area contributed by atoms with Gasteiger partial charge in [0.2, 0.25) is 0 Å². The zero-order chi connectivity index (χ0) is 15.4. The van der Waals surface area contributed by atoms with Crippen LogP contribution in [0.3, 0.4) is 0 Å². The average Bonchev–Trinajstić information content (AvgIpc) is 2.47. The van der Waals surface area contributed by atoms with Gasteiger partial charge in [-0.05, 0) is 12.1 Å². The van der Waals surface area contributed by atoms with Gasteiger partial charge in [0.1, 0.15) is 18.0 Å². The van der Waals surface area contributed by atoms with Gasteiger partial charge in [0, 0.05) is 24.7 Å². The number of nitro benzene ring substituents is 1. The van der Waals surface area contributed by atoms with Crippen LogP contribution in [0.5, 0.6) is 5.75 Å². The van der Waals surface area contributed by atoms with Gasteiger partial charge in [-0.25, -0.2) is 8.78 Å². The van der Waals surface area contributed by atoms with Crippen LogP contribution in [0.1, 0.15) is 5.56 Å². The van der Waals surface area contributed by atoms with Crippen LogP contribution in [-0.2, 0) is 6.61 Å². The lowest BCUT2D eigenvalue weighted by Crippen LogP contribution is -2.04. The minimum Gasteiger partial charge on any atom is -0.489 e. The first-order valence-corrected chi connectivity index (χ1v) is 6.05. The maximum Gasteiger partial charge on any atom is 0.292 e. The van der Waals surface area contributed by atoms with Gasteiger partial charge in [0.05, 0.1) is 4.92 Å². The first kappa shape index (κ1) is 14.7. The molecule has 0 radical (unpaired) electrons. The second-order valence-electron chi connectivity index (χ2n) is 4.18. The molecule has 0 aliphatic carbocycles. The molecule has 0 amide bonds. The van der Waals surface area contributed by atoms with Gasteiger partial charge in [-0.1, -0.05) is 12.1 Å². The number of ether oxygens (including phenoxy) is 1. The van der Waals surface area contributed by atoms with Crippen LogP contribution in [0, 0.1) is 21.7 Å². The van der Waals surface area contributed by atoms with E-state index in [4.69, 9.17) is 4.74 Å². The zero-order valence-electron chi connectivity index (χ0n) is 11.1. The summed E-state index contributed by atoms with van der Waals surface area (Å²) in [4.78, 5) is 10.4. The van der Waals surface area contributed by atoms with Gasteiger partial charge in [0.15, 0.2) is 11.6 Å². The SMILES string of the molecule is CNc1c(COc2ccc(F)c(F)c2)cccc1[N+](=O)[O-]. The predicted octanol–water partition coefficient (Wildman–Crippen LogP) is 3.49. The molecule has 0 bridgehead atoms. The van der Waals surface area contributed by atoms with Crippen LogP contribution in [0.4, 0.5) is 20.2 Å². The number of rotatable bonds is 5. The topological polar surface area (TPSA) is 64.4 Å². The third-order valence-corrected chi connectivity index (χ3v) is 2.86. The van der Waals surface area contributed by atoms with Crippen molar-refractivity contribution in [2.24, 2.45) is 0 Å². The van der Waals surface area contributed by atoms with E-state index in [1.54, 1.807) is 13.1 Å². The van der Waals surface area contributed by atoms with E-state index in [9.17, 15) is 18.9 Å². The first-order chi connectivity index (χ1) is 10.0. The quantitative estimate of drug-likeness (QED) is 0.677. The lowest BCUT2D eigenvalue weighted by molar-refractivity contribution is -0.384. The Labute approximate surface area is 119 Å². The van der Waals surface area contributed by atoms with E-state index in [0.29, 0.717) is 11.3 Å². The van der Waals surface area contributed by atoms with Crippen LogP contribution >= 0.6 is 0 Å². The fraction of sp³-hybridized carbons (Fsp3) is 0.143. The molecular weight excluding hydrogens is 282 g/mol. The monoisotopic (exact) mass is 294 g/mol. The minimum atomic E-state index is -1.01. The molecule has 21 heavy (non-hydrogen) atoms. The number of hydrogen-bond donors (Lipinski definition) is 1. The molecule has 7 heteroatoms. The van der Waals surface area contributed by atoms with Crippen LogP contribution < -0.4 is 10.1 Å². The molecule has 0 saturated carbocycles. The molecule has 0 aliphatic heterocycles. The van der Waals surface area contributed by atoms with Gasteiger partial charge in [-0.2, -0.15) is 0 Å². The van der Waals surface area contributed by atoms with Crippen molar-refractivity contribution in [3.63, 3.8) is 0 Å². The summed E-state index contributed by atoms with van der Waals surface area (Å²) < 4.78 is 31.2. The Balaban J connectivity index is 2.21. The summed E-state index contributed by atoms with van der Waals surface area (Å²) in [7, 11) is 1.56. The summed E-state index contributed by atoms with van der Waals surface area (Å²) in [6.07, 6.45) is 0. The van der Waals surface area contributed by atoms with Crippen molar-refractivity contribution in [1.29, 1.82) is 0 Å². The Morgan fingerprint density at radius 2 is 2.00 bits per heavy atom. The summed E-state index contributed by atoms with van der Waals surface area (Å²) in [5.41, 5.74) is 0.783. The highest BCUT2D eigenvalue weighted by Crippen LogP contribution is 2.28. The van der Waals surface area contributed by atoms with Crippen molar-refractivity contribution in [3.8, 4) is 5.75 Å². The van der Waals surface area contributed by atoms with Crippen molar-refractivity contribution in [2.75, 3.05) is 12.4 Å². The molecule has 1 N–H and O–H groups in total. The second kappa shape index (κ2) is 6.17. The van der Waals surface area contributed by atoms with E-state index in [2.05, 4.69) is 5.32 Å². The molecule has 0 aliphatic rings. The largest absolute Gasteiger partial charge is 0.489 e. The Morgan fingerprint density at radius 1 is 1.24 bits per heavy atom. The van der Waals surface area contributed by atoms with E-state index in [0.717, 1.165) is 12.1 Å².